The summed E-state index contributed by atoms with van der Waals surface area (Å²) in [7, 11) is 0. The van der Waals surface area contributed by atoms with Crippen molar-refractivity contribution < 1.29 is 4.52 Å². The Morgan fingerprint density at radius 2 is 2.21 bits per heavy atom. The van der Waals surface area contributed by atoms with Crippen molar-refractivity contribution in [3.63, 3.8) is 0 Å². The van der Waals surface area contributed by atoms with Crippen LogP contribution in [0.5, 0.6) is 0 Å². The second kappa shape index (κ2) is 11.5. The van der Waals surface area contributed by atoms with E-state index in [0.717, 1.165) is 31.6 Å². The first kappa shape index (κ1) is 21.2. The fourth-order valence-electron chi connectivity index (χ4n) is 3.69. The van der Waals surface area contributed by atoms with Gasteiger partial charge < -0.3 is 15.2 Å². The molecule has 0 saturated carbocycles. The van der Waals surface area contributed by atoms with Crippen LogP contribution in [-0.4, -0.2) is 64.7 Å². The standard InChI is InChI=1S/C21H33N7O/c1-3-17-9-6-8-15-28(17)16-14-25-21(22-4-2)24-13-11-19-26-20(29-27-19)18-10-5-7-12-23-18/h5,7,10,12,17H,3-4,6,8-9,11,13-16H2,1-2H3,(H2,22,24,25). The molecule has 1 fully saturated rings. The molecule has 29 heavy (non-hydrogen) atoms. The largest absolute Gasteiger partial charge is 0.357 e. The molecule has 0 radical (unpaired) electrons. The van der Waals surface area contributed by atoms with Gasteiger partial charge in [0.25, 0.3) is 5.89 Å². The molecule has 1 atom stereocenters. The van der Waals surface area contributed by atoms with Crippen LogP contribution in [0.2, 0.25) is 0 Å². The molecule has 0 bridgehead atoms. The van der Waals surface area contributed by atoms with Crippen LogP contribution in [0.4, 0.5) is 0 Å². The summed E-state index contributed by atoms with van der Waals surface area (Å²) in [4.78, 5) is 16.0. The SMILES string of the molecule is CCNC(=NCCN1CCCCC1CC)NCCc1noc(-c2ccccn2)n1. The molecule has 158 valence electrons. The van der Waals surface area contributed by atoms with Crippen LogP contribution in [-0.2, 0) is 6.42 Å². The first-order chi connectivity index (χ1) is 14.3. The Balaban J connectivity index is 1.45. The molecule has 0 spiro atoms. The zero-order valence-electron chi connectivity index (χ0n) is 17.6. The van der Waals surface area contributed by atoms with Crippen molar-refractivity contribution in [2.75, 3.05) is 32.7 Å². The number of aliphatic imine (C=N–C) groups is 1. The lowest BCUT2D eigenvalue weighted by molar-refractivity contribution is 0.148. The van der Waals surface area contributed by atoms with Crippen LogP contribution in [0, 0.1) is 0 Å². The van der Waals surface area contributed by atoms with Gasteiger partial charge in [-0.15, -0.1) is 0 Å². The lowest BCUT2D eigenvalue weighted by atomic mass is 10.0. The molecule has 0 amide bonds. The molecular weight excluding hydrogens is 366 g/mol. The van der Waals surface area contributed by atoms with Gasteiger partial charge in [-0.3, -0.25) is 14.9 Å². The summed E-state index contributed by atoms with van der Waals surface area (Å²) >= 11 is 0. The second-order valence-electron chi connectivity index (χ2n) is 7.26. The zero-order chi connectivity index (χ0) is 20.3. The van der Waals surface area contributed by atoms with Crippen molar-refractivity contribution in [1.29, 1.82) is 0 Å². The highest BCUT2D eigenvalue weighted by Gasteiger charge is 2.19. The molecular formula is C21H33N7O. The topological polar surface area (TPSA) is 91.5 Å². The number of guanidine groups is 1. The average Bonchev–Trinajstić information content (AvgIpc) is 3.24. The highest BCUT2D eigenvalue weighted by atomic mass is 16.5. The molecule has 2 aromatic heterocycles. The molecule has 8 nitrogen and oxygen atoms in total. The summed E-state index contributed by atoms with van der Waals surface area (Å²) in [6, 6.07) is 6.34. The van der Waals surface area contributed by atoms with Crippen LogP contribution in [0.15, 0.2) is 33.9 Å². The molecule has 0 aromatic carbocycles. The van der Waals surface area contributed by atoms with E-state index in [1.807, 2.05) is 18.2 Å². The van der Waals surface area contributed by atoms with Crippen molar-refractivity contribution in [3.8, 4) is 11.6 Å². The number of nitrogens with zero attached hydrogens (tertiary/aromatic N) is 5. The van der Waals surface area contributed by atoms with Gasteiger partial charge >= 0.3 is 0 Å². The molecule has 1 aliphatic heterocycles. The van der Waals surface area contributed by atoms with E-state index in [1.165, 1.54) is 32.2 Å². The highest BCUT2D eigenvalue weighted by Crippen LogP contribution is 2.18. The van der Waals surface area contributed by atoms with E-state index in [-0.39, 0.29) is 0 Å². The van der Waals surface area contributed by atoms with Crippen molar-refractivity contribution in [1.82, 2.24) is 30.7 Å². The summed E-state index contributed by atoms with van der Waals surface area (Å²) in [6.07, 6.45) is 7.60. The number of hydrogen-bond acceptors (Lipinski definition) is 6. The Morgan fingerprint density at radius 1 is 1.28 bits per heavy atom. The number of hydrogen-bond donors (Lipinski definition) is 2. The molecule has 1 saturated heterocycles. The van der Waals surface area contributed by atoms with Gasteiger partial charge in [0.15, 0.2) is 11.8 Å². The Labute approximate surface area is 173 Å². The first-order valence-corrected chi connectivity index (χ1v) is 10.8. The van der Waals surface area contributed by atoms with Crippen molar-refractivity contribution >= 4 is 5.96 Å². The van der Waals surface area contributed by atoms with E-state index in [2.05, 4.69) is 44.5 Å². The van der Waals surface area contributed by atoms with Crippen LogP contribution in [0.1, 0.15) is 45.4 Å². The lowest BCUT2D eigenvalue weighted by Crippen LogP contribution is -2.42. The number of pyridine rings is 1. The highest BCUT2D eigenvalue weighted by molar-refractivity contribution is 5.79. The maximum absolute atomic E-state index is 5.31. The molecule has 0 aliphatic carbocycles. The third-order valence-electron chi connectivity index (χ3n) is 5.21. The molecule has 8 heteroatoms. The van der Waals surface area contributed by atoms with E-state index in [9.17, 15) is 0 Å². The van der Waals surface area contributed by atoms with Gasteiger partial charge in [0.05, 0.1) is 6.54 Å². The van der Waals surface area contributed by atoms with Gasteiger partial charge in [-0.2, -0.15) is 4.98 Å². The smallest absolute Gasteiger partial charge is 0.276 e. The Morgan fingerprint density at radius 3 is 3.00 bits per heavy atom. The van der Waals surface area contributed by atoms with E-state index in [1.54, 1.807) is 6.20 Å². The Bertz CT molecular complexity index is 746. The molecule has 2 N–H and O–H groups in total. The predicted octanol–water partition coefficient (Wildman–Crippen LogP) is 2.49. The van der Waals surface area contributed by atoms with E-state index in [4.69, 9.17) is 9.52 Å². The molecule has 3 heterocycles. The quantitative estimate of drug-likeness (QED) is 0.494. The van der Waals surface area contributed by atoms with E-state index < -0.39 is 0 Å². The first-order valence-electron chi connectivity index (χ1n) is 10.8. The minimum atomic E-state index is 0.452. The van der Waals surface area contributed by atoms with E-state index >= 15 is 0 Å². The molecule has 1 unspecified atom stereocenters. The third kappa shape index (κ3) is 6.52. The summed E-state index contributed by atoms with van der Waals surface area (Å²) < 4.78 is 5.31. The molecule has 3 rings (SSSR count). The number of piperidine rings is 1. The van der Waals surface area contributed by atoms with Gasteiger partial charge in [-0.25, -0.2) is 0 Å². The van der Waals surface area contributed by atoms with Gasteiger partial charge in [-0.05, 0) is 44.9 Å². The number of nitrogens with one attached hydrogen (secondary N) is 2. The zero-order valence-corrected chi connectivity index (χ0v) is 17.6. The summed E-state index contributed by atoms with van der Waals surface area (Å²) in [5.41, 5.74) is 0.692. The van der Waals surface area contributed by atoms with Crippen LogP contribution in [0.25, 0.3) is 11.6 Å². The van der Waals surface area contributed by atoms with Crippen LogP contribution in [0.3, 0.4) is 0 Å². The maximum atomic E-state index is 5.31. The molecule has 1 aliphatic rings. The molecule has 2 aromatic rings. The Hall–Kier alpha value is -2.48. The van der Waals surface area contributed by atoms with Crippen LogP contribution >= 0.6 is 0 Å². The van der Waals surface area contributed by atoms with Gasteiger partial charge in [0.1, 0.15) is 5.69 Å². The maximum Gasteiger partial charge on any atom is 0.276 e. The summed E-state index contributed by atoms with van der Waals surface area (Å²) in [5, 5.41) is 10.7. The second-order valence-corrected chi connectivity index (χ2v) is 7.26. The average molecular weight is 400 g/mol. The minimum Gasteiger partial charge on any atom is -0.357 e. The van der Waals surface area contributed by atoms with Gasteiger partial charge in [-0.1, -0.05) is 24.6 Å². The van der Waals surface area contributed by atoms with E-state index in [0.29, 0.717) is 30.4 Å². The lowest BCUT2D eigenvalue weighted by Gasteiger charge is -2.34. The predicted molar refractivity (Wildman–Crippen MR) is 115 cm³/mol. The third-order valence-corrected chi connectivity index (χ3v) is 5.21. The monoisotopic (exact) mass is 399 g/mol. The fourth-order valence-corrected chi connectivity index (χ4v) is 3.69. The Kier molecular flexibility index (Phi) is 8.42. The van der Waals surface area contributed by atoms with Gasteiger partial charge in [0.2, 0.25) is 0 Å². The summed E-state index contributed by atoms with van der Waals surface area (Å²) in [6.45, 7) is 8.91. The fraction of sp³-hybridized carbons (Fsp3) is 0.619. The minimum absolute atomic E-state index is 0.452. The summed E-state index contributed by atoms with van der Waals surface area (Å²) in [5.74, 6) is 1.95. The number of likely N-dealkylation sites (tertiary alicyclic amines) is 1. The van der Waals surface area contributed by atoms with Crippen molar-refractivity contribution in [2.24, 2.45) is 4.99 Å². The normalized spacial score (nSPS) is 18.0. The van der Waals surface area contributed by atoms with Gasteiger partial charge in [0, 0.05) is 38.3 Å². The van der Waals surface area contributed by atoms with Crippen LogP contribution < -0.4 is 10.6 Å². The number of aromatic nitrogens is 3. The van der Waals surface area contributed by atoms with Crippen molar-refractivity contribution in [3.05, 3.63) is 30.2 Å². The van der Waals surface area contributed by atoms with Crippen molar-refractivity contribution in [2.45, 2.75) is 52.0 Å². The number of rotatable bonds is 9.